The highest BCUT2D eigenvalue weighted by Crippen LogP contribution is 2.57. The molecule has 4 fully saturated rings. The fourth-order valence-electron chi connectivity index (χ4n) is 8.47. The van der Waals surface area contributed by atoms with Crippen molar-refractivity contribution in [3.05, 3.63) is 66.3 Å². The zero-order valence-electron chi connectivity index (χ0n) is 20.6. The molecular weight excluding hydrogens is 432 g/mol. The van der Waals surface area contributed by atoms with Crippen LogP contribution in [-0.4, -0.2) is 12.7 Å². The van der Waals surface area contributed by atoms with E-state index in [-0.39, 0.29) is 16.6 Å². The Balaban J connectivity index is 1.10. The predicted octanol–water partition coefficient (Wildman–Crippen LogP) is 9.03. The zero-order valence-corrected chi connectivity index (χ0v) is 21.4. The topological polar surface area (TPSA) is 9.23 Å². The molecule has 1 nitrogen and oxygen atoms in total. The van der Waals surface area contributed by atoms with Crippen molar-refractivity contribution < 1.29 is 4.74 Å². The Morgan fingerprint density at radius 3 is 2.00 bits per heavy atom. The molecule has 2 heteroatoms. The van der Waals surface area contributed by atoms with E-state index in [4.69, 9.17) is 4.74 Å². The van der Waals surface area contributed by atoms with E-state index < -0.39 is 0 Å². The second-order valence-corrected chi connectivity index (χ2v) is 13.8. The molecule has 3 aromatic rings. The summed E-state index contributed by atoms with van der Waals surface area (Å²) in [5, 5.41) is 2.82. The lowest BCUT2D eigenvalue weighted by Gasteiger charge is -2.54. The van der Waals surface area contributed by atoms with Gasteiger partial charge in [0.25, 0.3) is 0 Å². The van der Waals surface area contributed by atoms with Crippen LogP contribution in [0.5, 0.6) is 0 Å². The van der Waals surface area contributed by atoms with E-state index in [0.29, 0.717) is 5.92 Å². The molecule has 0 amide bonds. The van der Waals surface area contributed by atoms with Gasteiger partial charge in [0, 0.05) is 33.8 Å². The number of benzene rings is 2. The fourth-order valence-corrected chi connectivity index (χ4v) is 11.1. The van der Waals surface area contributed by atoms with Crippen LogP contribution in [0.1, 0.15) is 52.4 Å². The molecule has 34 heavy (non-hydrogen) atoms. The van der Waals surface area contributed by atoms with Gasteiger partial charge in [-0.3, -0.25) is 0 Å². The van der Waals surface area contributed by atoms with Crippen LogP contribution in [-0.2, 0) is 4.74 Å². The normalized spacial score (nSPS) is 34.6. The third-order valence-corrected chi connectivity index (χ3v) is 12.0. The maximum atomic E-state index is 6.65. The summed E-state index contributed by atoms with van der Waals surface area (Å²) < 4.78 is 9.61. The van der Waals surface area contributed by atoms with Crippen LogP contribution in [0.15, 0.2) is 66.3 Å². The lowest BCUT2D eigenvalue weighted by molar-refractivity contribution is -0.0550. The van der Waals surface area contributed by atoms with Crippen LogP contribution in [0, 0.1) is 35.5 Å². The molecular formula is C32H37OS+. The molecule has 4 saturated carbocycles. The van der Waals surface area contributed by atoms with Gasteiger partial charge in [-0.1, -0.05) is 31.2 Å². The van der Waals surface area contributed by atoms with Crippen molar-refractivity contribution in [3.63, 3.8) is 0 Å². The highest BCUT2D eigenvalue weighted by atomic mass is 32.2. The van der Waals surface area contributed by atoms with E-state index in [9.17, 15) is 0 Å². The van der Waals surface area contributed by atoms with Gasteiger partial charge in [-0.05, 0) is 117 Å². The first kappa shape index (κ1) is 21.4. The summed E-state index contributed by atoms with van der Waals surface area (Å²) >= 11 is 0. The van der Waals surface area contributed by atoms with E-state index in [2.05, 4.69) is 74.5 Å². The number of rotatable bonds is 5. The molecule has 0 saturated heterocycles. The molecule has 2 aromatic carbocycles. The highest BCUT2D eigenvalue weighted by Gasteiger charge is 2.47. The van der Waals surface area contributed by atoms with Crippen LogP contribution in [0.2, 0.25) is 0 Å². The summed E-state index contributed by atoms with van der Waals surface area (Å²) in [5.41, 5.74) is 1.41. The highest BCUT2D eigenvalue weighted by molar-refractivity contribution is 7.54. The molecule has 0 radical (unpaired) electrons. The van der Waals surface area contributed by atoms with Crippen molar-refractivity contribution in [3.8, 4) is 0 Å². The minimum Gasteiger partial charge on any atom is -0.373 e. The maximum absolute atomic E-state index is 6.65. The van der Waals surface area contributed by atoms with Crippen LogP contribution in [0.25, 0.3) is 25.1 Å². The number of hydrogen-bond donors (Lipinski definition) is 0. The minimum absolute atomic E-state index is 0.00286. The van der Waals surface area contributed by atoms with E-state index >= 15 is 0 Å². The molecule has 5 aliphatic carbocycles. The van der Waals surface area contributed by atoms with E-state index in [1.54, 1.807) is 6.42 Å². The lowest BCUT2D eigenvalue weighted by Crippen LogP contribution is -2.45. The summed E-state index contributed by atoms with van der Waals surface area (Å²) in [7, 11) is -0.00286. The average molecular weight is 470 g/mol. The Kier molecular flexibility index (Phi) is 5.25. The average Bonchev–Trinajstić information content (AvgIpc) is 3.16. The largest absolute Gasteiger partial charge is 0.373 e. The standard InChI is InChI=1S/C32H37OS/c1-20-13-26(34-30-9-5-3-7-28(30)29-8-4-6-10-31(29)34)14-21(2)32(20)33-12-11-27-24-16-22-15-23(18-24)19-25(27)17-22/h3-10,13-14,20,22-25,27,32H,11-12,15-19H2,1-2H3/q+1. The van der Waals surface area contributed by atoms with Gasteiger partial charge in [0.2, 0.25) is 0 Å². The Morgan fingerprint density at radius 2 is 1.41 bits per heavy atom. The molecule has 176 valence electrons. The maximum Gasteiger partial charge on any atom is 0.187 e. The van der Waals surface area contributed by atoms with Crippen molar-refractivity contribution in [2.45, 2.75) is 58.5 Å². The molecule has 0 N–H and O–H groups in total. The molecule has 0 spiro atoms. The second kappa shape index (κ2) is 8.35. The van der Waals surface area contributed by atoms with Crippen molar-refractivity contribution in [2.75, 3.05) is 6.61 Å². The third-order valence-electron chi connectivity index (χ3n) is 9.63. The first-order valence-corrected chi connectivity index (χ1v) is 14.8. The molecule has 4 bridgehead atoms. The van der Waals surface area contributed by atoms with Gasteiger partial charge in [0.15, 0.2) is 14.3 Å². The third kappa shape index (κ3) is 3.44. The first-order valence-electron chi connectivity index (χ1n) is 13.6. The van der Waals surface area contributed by atoms with Crippen molar-refractivity contribution in [1.82, 2.24) is 0 Å². The van der Waals surface area contributed by atoms with Gasteiger partial charge in [-0.15, -0.1) is 0 Å². The Labute approximate surface area is 206 Å². The van der Waals surface area contributed by atoms with Crippen molar-refractivity contribution >= 4 is 35.5 Å². The minimum atomic E-state index is -0.00286. The number of thiophene rings is 1. The zero-order chi connectivity index (χ0) is 22.8. The quantitative estimate of drug-likeness (QED) is 0.339. The number of ether oxygens (including phenoxy) is 1. The van der Waals surface area contributed by atoms with Gasteiger partial charge in [0.05, 0.1) is 6.10 Å². The molecule has 1 heterocycles. The predicted molar refractivity (Wildman–Crippen MR) is 146 cm³/mol. The molecule has 1 aromatic heterocycles. The lowest BCUT2D eigenvalue weighted by atomic mass is 9.51. The summed E-state index contributed by atoms with van der Waals surface area (Å²) in [4.78, 5) is 1.48. The van der Waals surface area contributed by atoms with Crippen molar-refractivity contribution in [2.24, 2.45) is 35.5 Å². The van der Waals surface area contributed by atoms with Gasteiger partial charge in [0.1, 0.15) is 0 Å². The Morgan fingerprint density at radius 1 is 0.824 bits per heavy atom. The van der Waals surface area contributed by atoms with Crippen LogP contribution < -0.4 is 0 Å². The van der Waals surface area contributed by atoms with Crippen LogP contribution >= 0.6 is 10.5 Å². The van der Waals surface area contributed by atoms with E-state index in [1.807, 2.05) is 0 Å². The summed E-state index contributed by atoms with van der Waals surface area (Å²) in [6, 6.07) is 18.0. The summed E-state index contributed by atoms with van der Waals surface area (Å²) in [6.07, 6.45) is 14.1. The number of allylic oxidation sites excluding steroid dienone is 2. The summed E-state index contributed by atoms with van der Waals surface area (Å²) in [6.45, 7) is 5.60. The summed E-state index contributed by atoms with van der Waals surface area (Å²) in [5.74, 6) is 5.52. The van der Waals surface area contributed by atoms with E-state index in [1.165, 1.54) is 62.8 Å². The van der Waals surface area contributed by atoms with Crippen LogP contribution in [0.4, 0.5) is 0 Å². The van der Waals surface area contributed by atoms with Gasteiger partial charge in [-0.2, -0.15) is 0 Å². The number of fused-ring (bicyclic) bond motifs is 3. The molecule has 0 aliphatic heterocycles. The molecule has 2 atom stereocenters. The SMILES string of the molecule is CC1=CC([s+]2c3ccccc3c3ccccc32)=CC(C)C1OCCC1C2CC3CC(C2)CC1C3. The molecule has 5 aliphatic rings. The van der Waals surface area contributed by atoms with E-state index in [0.717, 1.165) is 36.2 Å². The van der Waals surface area contributed by atoms with Gasteiger partial charge < -0.3 is 4.74 Å². The van der Waals surface area contributed by atoms with Gasteiger partial charge >= 0.3 is 0 Å². The molecule has 2 unspecified atom stereocenters. The van der Waals surface area contributed by atoms with Gasteiger partial charge in [-0.25, -0.2) is 0 Å². The first-order chi connectivity index (χ1) is 16.7. The van der Waals surface area contributed by atoms with Crippen LogP contribution in [0.3, 0.4) is 0 Å². The number of hydrogen-bond acceptors (Lipinski definition) is 1. The monoisotopic (exact) mass is 469 g/mol. The smallest absolute Gasteiger partial charge is 0.187 e. The molecule has 8 rings (SSSR count). The second-order valence-electron chi connectivity index (χ2n) is 11.8. The Hall–Kier alpha value is -1.90. The van der Waals surface area contributed by atoms with Crippen molar-refractivity contribution in [1.29, 1.82) is 0 Å². The fraction of sp³-hybridized carbons (Fsp3) is 0.500. The Bertz CT molecular complexity index is 1210.